The van der Waals surface area contributed by atoms with Crippen molar-refractivity contribution in [1.82, 2.24) is 5.48 Å². The van der Waals surface area contributed by atoms with Crippen LogP contribution in [0.3, 0.4) is 0 Å². The number of carbonyl (C=O) groups excluding carboxylic acids is 1. The minimum absolute atomic E-state index is 0. The van der Waals surface area contributed by atoms with Gasteiger partial charge in [0.05, 0.1) is 4.75 Å². The Morgan fingerprint density at radius 3 is 2.21 bits per heavy atom. The standard InChI is InChI=1S/C7H13NO4S.Na.H/c1-5-6(9)8-12-13(10,11)7(2,3)4;;/h5H,1H2,2-4H3,(H,8,9);;/q;+1;-1. The van der Waals surface area contributed by atoms with E-state index >= 15 is 0 Å². The molecule has 7 heteroatoms. The molecule has 0 fully saturated rings. The molecule has 5 nitrogen and oxygen atoms in total. The first-order valence-electron chi connectivity index (χ1n) is 3.56. The molecule has 0 heterocycles. The number of hydrogen-bond acceptors (Lipinski definition) is 4. The zero-order chi connectivity index (χ0) is 10.7. The molecule has 0 saturated carbocycles. The van der Waals surface area contributed by atoms with E-state index < -0.39 is 20.8 Å². The first kappa shape index (κ1) is 16.5. The fourth-order valence-electron chi connectivity index (χ4n) is 0.263. The zero-order valence-electron chi connectivity index (χ0n) is 9.83. The summed E-state index contributed by atoms with van der Waals surface area (Å²) in [5.74, 6) is -0.701. The number of hydrogen-bond donors (Lipinski definition) is 1. The van der Waals surface area contributed by atoms with Crippen LogP contribution in [-0.2, 0) is 19.2 Å². The molecular weight excluding hydrogens is 217 g/mol. The molecule has 0 spiro atoms. The molecule has 14 heavy (non-hydrogen) atoms. The SMILES string of the molecule is C=CC(=O)NOS(=O)(=O)C(C)(C)C.[H-].[Na+]. The van der Waals surface area contributed by atoms with Gasteiger partial charge in [0, 0.05) is 0 Å². The van der Waals surface area contributed by atoms with Crippen molar-refractivity contribution in [2.24, 2.45) is 0 Å². The van der Waals surface area contributed by atoms with Gasteiger partial charge in [0.15, 0.2) is 0 Å². The molecule has 0 atom stereocenters. The molecule has 0 bridgehead atoms. The normalized spacial score (nSPS) is 11.4. The molecule has 0 aromatic carbocycles. The summed E-state index contributed by atoms with van der Waals surface area (Å²) in [4.78, 5) is 10.6. The fourth-order valence-corrected chi connectivity index (χ4v) is 0.704. The third kappa shape index (κ3) is 5.11. The summed E-state index contributed by atoms with van der Waals surface area (Å²) in [5, 5.41) is 0. The minimum atomic E-state index is -3.78. The maximum atomic E-state index is 11.2. The molecular formula is C7H14NNaO4S. The van der Waals surface area contributed by atoms with Crippen molar-refractivity contribution in [3.63, 3.8) is 0 Å². The quantitative estimate of drug-likeness (QED) is 0.330. The van der Waals surface area contributed by atoms with Crippen LogP contribution < -0.4 is 35.0 Å². The van der Waals surface area contributed by atoms with E-state index in [9.17, 15) is 13.2 Å². The van der Waals surface area contributed by atoms with E-state index in [0.29, 0.717) is 0 Å². The van der Waals surface area contributed by atoms with Gasteiger partial charge in [-0.2, -0.15) is 8.42 Å². The summed E-state index contributed by atoms with van der Waals surface area (Å²) in [7, 11) is -3.78. The van der Waals surface area contributed by atoms with Crippen molar-refractivity contribution in [2.75, 3.05) is 0 Å². The van der Waals surface area contributed by atoms with Crippen LogP contribution in [0.1, 0.15) is 22.2 Å². The Kier molecular flexibility index (Phi) is 6.94. The van der Waals surface area contributed by atoms with E-state index in [1.54, 1.807) is 5.48 Å². The van der Waals surface area contributed by atoms with Crippen LogP contribution in [0.4, 0.5) is 0 Å². The maximum Gasteiger partial charge on any atom is 1.00 e. The first-order valence-corrected chi connectivity index (χ1v) is 4.97. The van der Waals surface area contributed by atoms with E-state index in [1.165, 1.54) is 20.8 Å². The molecule has 0 radical (unpaired) electrons. The Labute approximate surface area is 108 Å². The molecule has 0 aliphatic heterocycles. The van der Waals surface area contributed by atoms with Crippen molar-refractivity contribution in [1.29, 1.82) is 0 Å². The summed E-state index contributed by atoms with van der Waals surface area (Å²) >= 11 is 0. The third-order valence-corrected chi connectivity index (χ3v) is 2.99. The summed E-state index contributed by atoms with van der Waals surface area (Å²) < 4.78 is 25.6. The van der Waals surface area contributed by atoms with Crippen molar-refractivity contribution in [2.45, 2.75) is 25.5 Å². The predicted molar refractivity (Wildman–Crippen MR) is 49.2 cm³/mol. The second-order valence-corrected chi connectivity index (χ2v) is 5.62. The fraction of sp³-hybridized carbons (Fsp3) is 0.571. The molecule has 0 aliphatic rings. The van der Waals surface area contributed by atoms with Crippen LogP contribution in [0, 0.1) is 0 Å². The molecule has 0 aromatic rings. The van der Waals surface area contributed by atoms with Crippen molar-refractivity contribution < 1.29 is 48.5 Å². The van der Waals surface area contributed by atoms with Gasteiger partial charge in [-0.05, 0) is 26.8 Å². The molecule has 1 amide bonds. The number of amides is 1. The van der Waals surface area contributed by atoms with Gasteiger partial charge < -0.3 is 1.43 Å². The zero-order valence-corrected chi connectivity index (χ0v) is 11.6. The average Bonchev–Trinajstić information content (AvgIpc) is 1.98. The van der Waals surface area contributed by atoms with Crippen LogP contribution in [0.5, 0.6) is 0 Å². The van der Waals surface area contributed by atoms with Gasteiger partial charge in [-0.25, -0.2) is 5.48 Å². The topological polar surface area (TPSA) is 72.5 Å². The monoisotopic (exact) mass is 231 g/mol. The number of rotatable bonds is 3. The smallest absolute Gasteiger partial charge is 1.00 e. The van der Waals surface area contributed by atoms with Crippen molar-refractivity contribution in [3.05, 3.63) is 12.7 Å². The Hall–Kier alpha value is 0.120. The van der Waals surface area contributed by atoms with Crippen LogP contribution >= 0.6 is 0 Å². The molecule has 0 aromatic heterocycles. The predicted octanol–water partition coefficient (Wildman–Crippen LogP) is -2.53. The minimum Gasteiger partial charge on any atom is -1.00 e. The van der Waals surface area contributed by atoms with Gasteiger partial charge >= 0.3 is 29.6 Å². The van der Waals surface area contributed by atoms with Gasteiger partial charge in [0.2, 0.25) is 0 Å². The second-order valence-electron chi connectivity index (χ2n) is 3.32. The van der Waals surface area contributed by atoms with Gasteiger partial charge in [0.1, 0.15) is 0 Å². The molecule has 78 valence electrons. The van der Waals surface area contributed by atoms with Gasteiger partial charge in [-0.3, -0.25) is 4.79 Å². The van der Waals surface area contributed by atoms with E-state index in [1.807, 2.05) is 0 Å². The maximum absolute atomic E-state index is 11.2. The van der Waals surface area contributed by atoms with Crippen LogP contribution in [0.15, 0.2) is 12.7 Å². The summed E-state index contributed by atoms with van der Waals surface area (Å²) in [5.41, 5.74) is 1.73. The van der Waals surface area contributed by atoms with Gasteiger partial charge in [-0.1, -0.05) is 6.58 Å². The van der Waals surface area contributed by atoms with Gasteiger partial charge in [-0.15, -0.1) is 4.28 Å². The van der Waals surface area contributed by atoms with Crippen molar-refractivity contribution in [3.8, 4) is 0 Å². The van der Waals surface area contributed by atoms with E-state index in [-0.39, 0.29) is 31.0 Å². The number of nitrogens with one attached hydrogen (secondary N) is 1. The second kappa shape index (κ2) is 5.87. The molecule has 0 aliphatic carbocycles. The van der Waals surface area contributed by atoms with E-state index in [2.05, 4.69) is 10.9 Å². The Bertz CT molecular complexity index is 309. The molecule has 0 saturated heterocycles. The summed E-state index contributed by atoms with van der Waals surface area (Å²) in [6.07, 6.45) is 0.915. The summed E-state index contributed by atoms with van der Waals surface area (Å²) in [6.45, 7) is 7.52. The van der Waals surface area contributed by atoms with Gasteiger partial charge in [0.25, 0.3) is 16.0 Å². The number of hydroxylamine groups is 1. The van der Waals surface area contributed by atoms with Crippen molar-refractivity contribution >= 4 is 16.0 Å². The van der Waals surface area contributed by atoms with E-state index in [4.69, 9.17) is 0 Å². The Morgan fingerprint density at radius 2 is 1.93 bits per heavy atom. The van der Waals surface area contributed by atoms with E-state index in [0.717, 1.165) is 6.08 Å². The van der Waals surface area contributed by atoms with Crippen LogP contribution in [0.2, 0.25) is 0 Å². The molecule has 0 rings (SSSR count). The third-order valence-electron chi connectivity index (χ3n) is 1.19. The summed E-state index contributed by atoms with van der Waals surface area (Å²) in [6, 6.07) is 0. The Morgan fingerprint density at radius 1 is 1.50 bits per heavy atom. The largest absolute Gasteiger partial charge is 1.00 e. The average molecular weight is 231 g/mol. The van der Waals surface area contributed by atoms with Crippen LogP contribution in [-0.4, -0.2) is 19.1 Å². The molecule has 1 N–H and O–H groups in total. The Balaban J connectivity index is -0.000000720. The van der Waals surface area contributed by atoms with Crippen LogP contribution in [0.25, 0.3) is 0 Å². The number of carbonyl (C=O) groups is 1. The molecule has 0 unspecified atom stereocenters. The first-order chi connectivity index (χ1) is 5.70.